The number of rotatable bonds is 6. The summed E-state index contributed by atoms with van der Waals surface area (Å²) in [6.07, 6.45) is 2.77. The molecule has 238 valence electrons. The topological polar surface area (TPSA) is 130 Å². The second kappa shape index (κ2) is 15.1. The lowest BCUT2D eigenvalue weighted by Crippen LogP contribution is -2.46. The minimum Gasteiger partial charge on any atom is -0.400 e. The molecule has 0 atom stereocenters. The Labute approximate surface area is 267 Å². The molecule has 2 aliphatic rings. The Morgan fingerprint density at radius 1 is 1.02 bits per heavy atom. The summed E-state index contributed by atoms with van der Waals surface area (Å²) in [7, 11) is 1.00. The zero-order chi connectivity index (χ0) is 32.7. The van der Waals surface area contributed by atoms with Crippen molar-refractivity contribution in [1.82, 2.24) is 19.7 Å². The van der Waals surface area contributed by atoms with Crippen molar-refractivity contribution in [3.8, 4) is 16.9 Å². The number of carbonyl (C=O) groups is 2. The Morgan fingerprint density at radius 3 is 2.36 bits per heavy atom. The highest BCUT2D eigenvalue weighted by atomic mass is 35.5. The Morgan fingerprint density at radius 2 is 1.71 bits per heavy atom. The number of primary amides is 1. The van der Waals surface area contributed by atoms with Gasteiger partial charge in [0.05, 0.1) is 22.0 Å². The second-order valence-corrected chi connectivity index (χ2v) is 10.6. The van der Waals surface area contributed by atoms with E-state index in [0.29, 0.717) is 41.3 Å². The van der Waals surface area contributed by atoms with Crippen molar-refractivity contribution in [2.45, 2.75) is 33.6 Å². The highest BCUT2D eigenvalue weighted by Crippen LogP contribution is 2.38. The number of nitrogens with two attached hydrogens (primary N) is 1. The van der Waals surface area contributed by atoms with Crippen LogP contribution in [-0.4, -0.2) is 76.4 Å². The number of hydrogen-bond acceptors (Lipinski definition) is 7. The van der Waals surface area contributed by atoms with Gasteiger partial charge in [0.1, 0.15) is 11.6 Å². The Hall–Kier alpha value is -4.32. The van der Waals surface area contributed by atoms with Gasteiger partial charge in [0.15, 0.2) is 5.69 Å². The predicted octanol–water partition coefficient (Wildman–Crippen LogP) is 4.95. The minimum absolute atomic E-state index is 0.181. The predicted molar refractivity (Wildman–Crippen MR) is 176 cm³/mol. The smallest absolute Gasteiger partial charge is 0.269 e. The first-order valence-corrected chi connectivity index (χ1v) is 15.4. The van der Waals surface area contributed by atoms with Crippen LogP contribution in [0, 0.1) is 5.82 Å². The largest absolute Gasteiger partial charge is 0.400 e. The number of piperazine rings is 1. The molecular weight excluding hydrogens is 597 g/mol. The lowest BCUT2D eigenvalue weighted by atomic mass is 9.88. The number of hydrogen-bond donors (Lipinski definition) is 3. The van der Waals surface area contributed by atoms with Crippen molar-refractivity contribution in [1.29, 1.82) is 0 Å². The van der Waals surface area contributed by atoms with Crippen LogP contribution in [0.25, 0.3) is 16.9 Å². The molecule has 12 heteroatoms. The number of fused-ring (bicyclic) bond motifs is 3. The normalized spacial score (nSPS) is 13.8. The number of aromatic nitrogens is 3. The van der Waals surface area contributed by atoms with E-state index in [9.17, 15) is 14.0 Å². The maximum atomic E-state index is 13.7. The van der Waals surface area contributed by atoms with E-state index in [1.807, 2.05) is 32.0 Å². The fourth-order valence-electron chi connectivity index (χ4n) is 5.55. The third kappa shape index (κ3) is 7.16. The monoisotopic (exact) mass is 635 g/mol. The van der Waals surface area contributed by atoms with Gasteiger partial charge in [-0.1, -0.05) is 38.4 Å². The van der Waals surface area contributed by atoms with Crippen molar-refractivity contribution in [3.63, 3.8) is 0 Å². The number of carbonyl (C=O) groups excluding carboxylic acids is 2. The maximum Gasteiger partial charge on any atom is 0.269 e. The summed E-state index contributed by atoms with van der Waals surface area (Å²) in [6, 6.07) is 13.3. The summed E-state index contributed by atoms with van der Waals surface area (Å²) in [6.45, 7) is 10.7. The van der Waals surface area contributed by atoms with Crippen LogP contribution < -0.4 is 16.0 Å². The van der Waals surface area contributed by atoms with Crippen LogP contribution in [0.15, 0.2) is 54.7 Å². The first-order chi connectivity index (χ1) is 21.8. The summed E-state index contributed by atoms with van der Waals surface area (Å²) in [5.41, 5.74) is 10.6. The van der Waals surface area contributed by atoms with E-state index in [-0.39, 0.29) is 22.4 Å². The molecule has 10 nitrogen and oxygen atoms in total. The Kier molecular flexibility index (Phi) is 11.3. The molecule has 1 fully saturated rings. The van der Waals surface area contributed by atoms with Crippen molar-refractivity contribution >= 4 is 34.9 Å². The van der Waals surface area contributed by atoms with Crippen LogP contribution in [0.4, 0.5) is 15.9 Å². The maximum absolute atomic E-state index is 13.7. The van der Waals surface area contributed by atoms with Crippen molar-refractivity contribution in [3.05, 3.63) is 88.0 Å². The summed E-state index contributed by atoms with van der Waals surface area (Å²) >= 11 is 6.42. The van der Waals surface area contributed by atoms with E-state index < -0.39 is 5.91 Å². The van der Waals surface area contributed by atoms with Gasteiger partial charge in [-0.25, -0.2) is 14.1 Å². The number of pyridine rings is 1. The van der Waals surface area contributed by atoms with E-state index in [1.54, 1.807) is 22.9 Å². The van der Waals surface area contributed by atoms with Gasteiger partial charge in [0.25, 0.3) is 11.8 Å². The van der Waals surface area contributed by atoms with Gasteiger partial charge in [-0.2, -0.15) is 5.10 Å². The molecule has 2 aromatic carbocycles. The number of anilines is 2. The number of aryl methyl sites for hydroxylation is 1. The summed E-state index contributed by atoms with van der Waals surface area (Å²) in [5.74, 6) is -0.648. The lowest BCUT2D eigenvalue weighted by molar-refractivity contribution is 0.0992. The summed E-state index contributed by atoms with van der Waals surface area (Å²) < 4.78 is 15.3. The fraction of sp³-hybridized carbons (Fsp3) is 0.333. The van der Waals surface area contributed by atoms with Gasteiger partial charge in [-0.05, 0) is 67.4 Å². The zero-order valence-corrected chi connectivity index (χ0v) is 26.7. The van der Waals surface area contributed by atoms with Crippen molar-refractivity contribution < 1.29 is 19.1 Å². The quantitative estimate of drug-likeness (QED) is 0.273. The van der Waals surface area contributed by atoms with Crippen LogP contribution in [0.5, 0.6) is 0 Å². The number of nitrogens with one attached hydrogen (secondary N) is 1. The Bertz CT molecular complexity index is 1650. The zero-order valence-electron chi connectivity index (χ0n) is 26.0. The first-order valence-electron chi connectivity index (χ1n) is 15.0. The van der Waals surface area contributed by atoms with Crippen LogP contribution in [0.1, 0.15) is 52.7 Å². The molecule has 0 spiro atoms. The van der Waals surface area contributed by atoms with Gasteiger partial charge in [-0.3, -0.25) is 9.59 Å². The molecule has 0 unspecified atom stereocenters. The van der Waals surface area contributed by atoms with E-state index in [2.05, 4.69) is 32.1 Å². The third-order valence-corrected chi connectivity index (χ3v) is 8.09. The first kappa shape index (κ1) is 33.6. The van der Waals surface area contributed by atoms with Gasteiger partial charge in [-0.15, -0.1) is 0 Å². The molecule has 2 aromatic heterocycles. The fourth-order valence-corrected chi connectivity index (χ4v) is 5.74. The SMILES string of the molecule is CC.CCN1CCN(c2cc(C(=O)Nc3ccc4c(c3)-c3c(c(C(N)=O)nn3-c3ccc(F)cc3)CC4)c(Cl)cn2)CC1.CO. The molecule has 2 amide bonds. The van der Waals surface area contributed by atoms with Crippen molar-refractivity contribution in [2.75, 3.05) is 50.1 Å². The highest BCUT2D eigenvalue weighted by Gasteiger charge is 2.29. The average Bonchev–Trinajstić information content (AvgIpc) is 3.48. The number of likely N-dealkylation sites (N-methyl/N-ethyl adjacent to an activating group) is 1. The molecule has 1 saturated heterocycles. The van der Waals surface area contributed by atoms with E-state index in [1.165, 1.54) is 18.3 Å². The molecular formula is C33H39ClFN7O3. The number of amides is 2. The van der Waals surface area contributed by atoms with Crippen molar-refractivity contribution in [2.24, 2.45) is 5.73 Å². The van der Waals surface area contributed by atoms with Crippen LogP contribution in [0.3, 0.4) is 0 Å². The van der Waals surface area contributed by atoms with Gasteiger partial charge in [0, 0.05) is 56.3 Å². The number of nitrogens with zero attached hydrogens (tertiary/aromatic N) is 5. The molecule has 1 aliphatic carbocycles. The molecule has 0 saturated carbocycles. The third-order valence-electron chi connectivity index (χ3n) is 7.78. The standard InChI is InChI=1S/C30H29ClFN7O2.C2H6.CH4O/c1-2-37-11-13-38(14-12-37)26-16-24(25(31)17-34-26)30(41)35-20-7-3-18-4-10-22-27(29(33)40)36-39(28(22)23(18)15-20)21-8-5-19(32)6-9-21;2*1-2/h3,5-9,15-17H,2,4,10-14H2,1H3,(H2,33,40)(H,35,41);1-2H3;2H,1H3. The minimum atomic E-state index is -0.630. The molecule has 0 bridgehead atoms. The van der Waals surface area contributed by atoms with Gasteiger partial charge >= 0.3 is 0 Å². The molecule has 0 radical (unpaired) electrons. The van der Waals surface area contributed by atoms with E-state index in [4.69, 9.17) is 22.4 Å². The summed E-state index contributed by atoms with van der Waals surface area (Å²) in [5, 5.41) is 14.7. The number of halogens is 2. The number of aliphatic hydroxyl groups is 1. The molecule has 3 heterocycles. The summed E-state index contributed by atoms with van der Waals surface area (Å²) in [4.78, 5) is 34.7. The average molecular weight is 636 g/mol. The molecule has 1 aliphatic heterocycles. The van der Waals surface area contributed by atoms with Crippen LogP contribution >= 0.6 is 11.6 Å². The second-order valence-electron chi connectivity index (χ2n) is 10.2. The molecule has 4 N–H and O–H groups in total. The molecule has 6 rings (SSSR count). The van der Waals surface area contributed by atoms with E-state index >= 15 is 0 Å². The van der Waals surface area contributed by atoms with Crippen LogP contribution in [0.2, 0.25) is 5.02 Å². The van der Waals surface area contributed by atoms with Crippen LogP contribution in [-0.2, 0) is 12.8 Å². The number of aliphatic hydroxyl groups excluding tert-OH is 1. The van der Waals surface area contributed by atoms with E-state index in [0.717, 1.165) is 56.5 Å². The van der Waals surface area contributed by atoms with Gasteiger partial charge < -0.3 is 26.0 Å². The lowest BCUT2D eigenvalue weighted by Gasteiger charge is -2.34. The molecule has 45 heavy (non-hydrogen) atoms. The highest BCUT2D eigenvalue weighted by molar-refractivity contribution is 6.34. The Balaban J connectivity index is 0.00000111. The number of benzene rings is 2. The van der Waals surface area contributed by atoms with Gasteiger partial charge in [0.2, 0.25) is 0 Å². The molecule has 4 aromatic rings.